The van der Waals surface area contributed by atoms with Crippen LogP contribution in [0.4, 0.5) is 5.69 Å². The molecule has 1 aromatic rings. The molecule has 1 aromatic carbocycles. The molecule has 0 spiro atoms. The second kappa shape index (κ2) is 3.56. The second-order valence-corrected chi connectivity index (χ2v) is 3.35. The molecule has 1 aliphatic rings. The molecule has 0 saturated heterocycles. The molecular weight excluding hydrogens is 194 g/mol. The van der Waals surface area contributed by atoms with Crippen LogP contribution in [-0.4, -0.2) is 10.7 Å². The van der Waals surface area contributed by atoms with Crippen LogP contribution in [0.3, 0.4) is 0 Å². The SMILES string of the molecule is N#CC1=NN(c2ccccc2)C(=S)C1. The smallest absolute Gasteiger partial charge is 0.145 e. The maximum Gasteiger partial charge on any atom is 0.145 e. The van der Waals surface area contributed by atoms with Crippen molar-refractivity contribution in [1.29, 1.82) is 5.26 Å². The molecule has 0 bridgehead atoms. The van der Waals surface area contributed by atoms with Gasteiger partial charge in [-0.3, -0.25) is 0 Å². The van der Waals surface area contributed by atoms with E-state index in [9.17, 15) is 0 Å². The standard InChI is InChI=1S/C10H7N3S/c11-7-8-6-10(14)13(12-8)9-4-2-1-3-5-9/h1-5H,6H2. The molecular formula is C10H7N3S. The number of hydrogen-bond donors (Lipinski definition) is 0. The quantitative estimate of drug-likeness (QED) is 0.653. The van der Waals surface area contributed by atoms with Gasteiger partial charge in [0.05, 0.1) is 12.1 Å². The Hall–Kier alpha value is -1.73. The Morgan fingerprint density at radius 3 is 2.64 bits per heavy atom. The minimum atomic E-state index is 0.471. The maximum absolute atomic E-state index is 8.68. The van der Waals surface area contributed by atoms with Gasteiger partial charge in [0.25, 0.3) is 0 Å². The Balaban J connectivity index is 2.34. The summed E-state index contributed by atoms with van der Waals surface area (Å²) in [4.78, 5) is 0.674. The summed E-state index contributed by atoms with van der Waals surface area (Å²) in [5.74, 6) is 0. The number of thiocarbonyl (C=S) groups is 1. The third-order valence-electron chi connectivity index (χ3n) is 1.91. The largest absolute Gasteiger partial charge is 0.226 e. The van der Waals surface area contributed by atoms with Crippen molar-refractivity contribution in [3.8, 4) is 6.07 Å². The zero-order valence-electron chi connectivity index (χ0n) is 7.34. The van der Waals surface area contributed by atoms with Crippen LogP contribution in [0.15, 0.2) is 35.4 Å². The van der Waals surface area contributed by atoms with E-state index in [4.69, 9.17) is 17.5 Å². The zero-order chi connectivity index (χ0) is 9.97. The fraction of sp³-hybridized carbons (Fsp3) is 0.100. The normalized spacial score (nSPS) is 15.2. The maximum atomic E-state index is 8.68. The van der Waals surface area contributed by atoms with Gasteiger partial charge in [-0.15, -0.1) is 0 Å². The van der Waals surface area contributed by atoms with E-state index in [0.29, 0.717) is 17.1 Å². The molecule has 0 aliphatic carbocycles. The topological polar surface area (TPSA) is 39.4 Å². The van der Waals surface area contributed by atoms with Gasteiger partial charge in [-0.2, -0.15) is 10.4 Å². The van der Waals surface area contributed by atoms with E-state index in [-0.39, 0.29) is 0 Å². The Bertz CT molecular complexity index is 430. The molecule has 0 unspecified atom stereocenters. The number of benzene rings is 1. The van der Waals surface area contributed by atoms with Crippen LogP contribution in [-0.2, 0) is 0 Å². The summed E-state index contributed by atoms with van der Waals surface area (Å²) in [6.07, 6.45) is 0.473. The van der Waals surface area contributed by atoms with Crippen LogP contribution in [0.1, 0.15) is 6.42 Å². The van der Waals surface area contributed by atoms with Crippen LogP contribution < -0.4 is 5.01 Å². The fourth-order valence-electron chi connectivity index (χ4n) is 1.26. The Labute approximate surface area is 87.3 Å². The number of nitriles is 1. The van der Waals surface area contributed by atoms with E-state index >= 15 is 0 Å². The van der Waals surface area contributed by atoms with Gasteiger partial charge in [-0.05, 0) is 12.1 Å². The van der Waals surface area contributed by atoms with Gasteiger partial charge >= 0.3 is 0 Å². The molecule has 1 heterocycles. The van der Waals surface area contributed by atoms with Crippen LogP contribution in [0.2, 0.25) is 0 Å². The summed E-state index contributed by atoms with van der Waals surface area (Å²) in [5.41, 5.74) is 1.38. The van der Waals surface area contributed by atoms with Crippen molar-refractivity contribution >= 4 is 28.6 Å². The molecule has 4 heteroatoms. The minimum absolute atomic E-state index is 0.471. The first-order chi connectivity index (χ1) is 6.81. The molecule has 0 atom stereocenters. The van der Waals surface area contributed by atoms with Crippen molar-refractivity contribution in [3.63, 3.8) is 0 Å². The lowest BCUT2D eigenvalue weighted by atomic mass is 10.3. The van der Waals surface area contributed by atoms with Gasteiger partial charge in [-0.1, -0.05) is 30.4 Å². The monoisotopic (exact) mass is 201 g/mol. The molecule has 1 aliphatic heterocycles. The van der Waals surface area contributed by atoms with E-state index < -0.39 is 0 Å². The van der Waals surface area contributed by atoms with Gasteiger partial charge in [0.15, 0.2) is 0 Å². The lowest BCUT2D eigenvalue weighted by molar-refractivity contribution is 1.17. The number of rotatable bonds is 1. The molecule has 3 nitrogen and oxygen atoms in total. The van der Waals surface area contributed by atoms with Crippen LogP contribution in [0.25, 0.3) is 0 Å². The zero-order valence-corrected chi connectivity index (χ0v) is 8.16. The first-order valence-corrected chi connectivity index (χ1v) is 4.57. The van der Waals surface area contributed by atoms with E-state index in [1.807, 2.05) is 36.4 Å². The highest BCUT2D eigenvalue weighted by molar-refractivity contribution is 7.80. The Morgan fingerprint density at radius 2 is 2.07 bits per heavy atom. The molecule has 0 fully saturated rings. The highest BCUT2D eigenvalue weighted by Gasteiger charge is 2.20. The van der Waals surface area contributed by atoms with Gasteiger partial charge in [0, 0.05) is 0 Å². The van der Waals surface area contributed by atoms with E-state index in [1.165, 1.54) is 0 Å². The molecule has 14 heavy (non-hydrogen) atoms. The van der Waals surface area contributed by atoms with Crippen LogP contribution in [0, 0.1) is 11.3 Å². The minimum Gasteiger partial charge on any atom is -0.226 e. The lowest BCUT2D eigenvalue weighted by Crippen LogP contribution is -2.17. The molecule has 0 amide bonds. The molecule has 0 N–H and O–H groups in total. The fourth-order valence-corrected chi connectivity index (χ4v) is 1.55. The third-order valence-corrected chi connectivity index (χ3v) is 2.22. The number of nitrogens with zero attached hydrogens (tertiary/aromatic N) is 3. The second-order valence-electron chi connectivity index (χ2n) is 2.88. The number of anilines is 1. The third kappa shape index (κ3) is 1.50. The van der Waals surface area contributed by atoms with Crippen molar-refractivity contribution < 1.29 is 0 Å². The average Bonchev–Trinajstić information content (AvgIpc) is 2.61. The highest BCUT2D eigenvalue weighted by Crippen LogP contribution is 2.20. The summed E-state index contributed by atoms with van der Waals surface area (Å²) in [5, 5.41) is 14.4. The van der Waals surface area contributed by atoms with Crippen LogP contribution in [0.5, 0.6) is 0 Å². The molecule has 0 radical (unpaired) electrons. The summed E-state index contributed by atoms with van der Waals surface area (Å²) in [6, 6.07) is 11.6. The van der Waals surface area contributed by atoms with E-state index in [2.05, 4.69) is 5.10 Å². The van der Waals surface area contributed by atoms with E-state index in [0.717, 1.165) is 5.69 Å². The van der Waals surface area contributed by atoms with Crippen molar-refractivity contribution in [2.24, 2.45) is 5.10 Å². The Kier molecular flexibility index (Phi) is 2.25. The van der Waals surface area contributed by atoms with Crippen molar-refractivity contribution in [2.75, 3.05) is 5.01 Å². The van der Waals surface area contributed by atoms with Crippen molar-refractivity contribution in [1.82, 2.24) is 0 Å². The number of hydrazone groups is 1. The highest BCUT2D eigenvalue weighted by atomic mass is 32.1. The molecule has 2 rings (SSSR count). The van der Waals surface area contributed by atoms with E-state index in [1.54, 1.807) is 5.01 Å². The van der Waals surface area contributed by atoms with Crippen molar-refractivity contribution in [3.05, 3.63) is 30.3 Å². The summed E-state index contributed by atoms with van der Waals surface area (Å²) < 4.78 is 0. The van der Waals surface area contributed by atoms with Gasteiger partial charge in [0.1, 0.15) is 16.8 Å². The van der Waals surface area contributed by atoms with Gasteiger partial charge in [-0.25, -0.2) is 5.01 Å². The van der Waals surface area contributed by atoms with Crippen LogP contribution >= 0.6 is 12.2 Å². The number of para-hydroxylation sites is 1. The van der Waals surface area contributed by atoms with Gasteiger partial charge < -0.3 is 0 Å². The molecule has 0 saturated carbocycles. The average molecular weight is 201 g/mol. The number of hydrogen-bond acceptors (Lipinski definition) is 3. The summed E-state index contributed by atoms with van der Waals surface area (Å²) in [7, 11) is 0. The lowest BCUT2D eigenvalue weighted by Gasteiger charge is -2.12. The predicted octanol–water partition coefficient (Wildman–Crippen LogP) is 2.10. The van der Waals surface area contributed by atoms with Crippen molar-refractivity contribution in [2.45, 2.75) is 6.42 Å². The summed E-state index contributed by atoms with van der Waals surface area (Å²) >= 11 is 5.13. The Morgan fingerprint density at radius 1 is 1.36 bits per heavy atom. The summed E-state index contributed by atoms with van der Waals surface area (Å²) in [6.45, 7) is 0. The first kappa shape index (κ1) is 8.85. The molecule has 68 valence electrons. The first-order valence-electron chi connectivity index (χ1n) is 4.17. The predicted molar refractivity (Wildman–Crippen MR) is 59.2 cm³/mol. The van der Waals surface area contributed by atoms with Gasteiger partial charge in [0.2, 0.25) is 0 Å². The molecule has 0 aromatic heterocycles.